The number of rotatable bonds is 5. The Labute approximate surface area is 131 Å². The molecule has 3 rings (SSSR count). The second-order valence-corrected chi connectivity index (χ2v) is 5.39. The third-order valence-electron chi connectivity index (χ3n) is 2.96. The summed E-state index contributed by atoms with van der Waals surface area (Å²) in [5.74, 6) is 0.510. The van der Waals surface area contributed by atoms with Gasteiger partial charge in [0, 0.05) is 5.56 Å². The molecule has 1 N–H and O–H groups in total. The summed E-state index contributed by atoms with van der Waals surface area (Å²) in [5, 5.41) is 17.8. The van der Waals surface area contributed by atoms with E-state index in [0.717, 1.165) is 0 Å². The highest BCUT2D eigenvalue weighted by Gasteiger charge is 2.14. The molecule has 0 spiro atoms. The van der Waals surface area contributed by atoms with Gasteiger partial charge < -0.3 is 9.52 Å². The number of benzene rings is 2. The van der Waals surface area contributed by atoms with Crippen LogP contribution in [0.4, 0.5) is 0 Å². The van der Waals surface area contributed by atoms with Crippen molar-refractivity contribution in [3.63, 3.8) is 0 Å². The van der Waals surface area contributed by atoms with Gasteiger partial charge in [-0.25, -0.2) is 0 Å². The molecule has 3 aromatic rings. The number of phenols is 1. The molecule has 5 nitrogen and oxygen atoms in total. The number of hydrogen-bond acceptors (Lipinski definition) is 6. The predicted octanol–water partition coefficient (Wildman–Crippen LogP) is 3.42. The molecule has 2 aromatic carbocycles. The number of para-hydroxylation sites is 1. The van der Waals surface area contributed by atoms with Crippen molar-refractivity contribution < 1.29 is 14.3 Å². The Morgan fingerprint density at radius 1 is 1.05 bits per heavy atom. The van der Waals surface area contributed by atoms with Crippen molar-refractivity contribution in [3.8, 4) is 17.2 Å². The number of aromatic hydroxyl groups is 1. The van der Waals surface area contributed by atoms with Crippen LogP contribution in [-0.2, 0) is 0 Å². The van der Waals surface area contributed by atoms with Crippen LogP contribution in [0.25, 0.3) is 11.5 Å². The summed E-state index contributed by atoms with van der Waals surface area (Å²) in [7, 11) is 0. The zero-order chi connectivity index (χ0) is 15.4. The average molecular weight is 312 g/mol. The Balaban J connectivity index is 1.68. The summed E-state index contributed by atoms with van der Waals surface area (Å²) in [6.07, 6.45) is 0. The molecule has 0 saturated heterocycles. The molecule has 0 amide bonds. The van der Waals surface area contributed by atoms with Crippen molar-refractivity contribution in [1.29, 1.82) is 0 Å². The molecule has 1 heterocycles. The Kier molecular flexibility index (Phi) is 4.20. The fourth-order valence-electron chi connectivity index (χ4n) is 1.87. The summed E-state index contributed by atoms with van der Waals surface area (Å²) < 4.78 is 5.47. The largest absolute Gasteiger partial charge is 0.507 e. The molecule has 0 bridgehead atoms. The lowest BCUT2D eigenvalue weighted by molar-refractivity contribution is 0.102. The zero-order valence-electron chi connectivity index (χ0n) is 11.5. The predicted molar refractivity (Wildman–Crippen MR) is 82.9 cm³/mol. The molecule has 22 heavy (non-hydrogen) atoms. The third-order valence-corrected chi connectivity index (χ3v) is 3.78. The lowest BCUT2D eigenvalue weighted by Crippen LogP contribution is -2.01. The normalized spacial score (nSPS) is 10.5. The number of carbonyl (C=O) groups excluding carboxylic acids is 1. The fourth-order valence-corrected chi connectivity index (χ4v) is 2.52. The molecule has 6 heteroatoms. The maximum atomic E-state index is 12.0. The monoisotopic (exact) mass is 312 g/mol. The topological polar surface area (TPSA) is 76.2 Å². The molecule has 0 unspecified atom stereocenters. The van der Waals surface area contributed by atoms with E-state index in [4.69, 9.17) is 4.42 Å². The van der Waals surface area contributed by atoms with Gasteiger partial charge in [-0.3, -0.25) is 4.79 Å². The maximum Gasteiger partial charge on any atom is 0.277 e. The van der Waals surface area contributed by atoms with E-state index >= 15 is 0 Å². The van der Waals surface area contributed by atoms with E-state index in [0.29, 0.717) is 16.3 Å². The maximum absolute atomic E-state index is 12.0. The highest BCUT2D eigenvalue weighted by molar-refractivity contribution is 7.99. The van der Waals surface area contributed by atoms with Gasteiger partial charge in [0.15, 0.2) is 5.78 Å². The van der Waals surface area contributed by atoms with Crippen molar-refractivity contribution >= 4 is 17.5 Å². The highest BCUT2D eigenvalue weighted by Crippen LogP contribution is 2.29. The Morgan fingerprint density at radius 3 is 2.55 bits per heavy atom. The highest BCUT2D eigenvalue weighted by atomic mass is 32.2. The third kappa shape index (κ3) is 3.17. The first kappa shape index (κ1) is 14.3. The number of nitrogens with zero attached hydrogens (tertiary/aromatic N) is 2. The zero-order valence-corrected chi connectivity index (χ0v) is 12.3. The van der Waals surface area contributed by atoms with Crippen LogP contribution < -0.4 is 0 Å². The molecule has 0 radical (unpaired) electrons. The van der Waals surface area contributed by atoms with Gasteiger partial charge in [0.25, 0.3) is 11.1 Å². The van der Waals surface area contributed by atoms with E-state index < -0.39 is 0 Å². The number of Topliss-reactive ketones (excluding diaryl/α,β-unsaturated/α-hetero) is 1. The van der Waals surface area contributed by atoms with Crippen LogP contribution in [0.5, 0.6) is 5.75 Å². The van der Waals surface area contributed by atoms with Crippen LogP contribution >= 0.6 is 11.8 Å². The van der Waals surface area contributed by atoms with Crippen molar-refractivity contribution in [2.75, 3.05) is 5.75 Å². The standard InChI is InChI=1S/C16H12N2O3S/c19-13-9-5-4-8-12(13)15-17-18-16(21-15)22-10-14(20)11-6-2-1-3-7-11/h1-9,19H,10H2. The molecule has 0 saturated carbocycles. The molecule has 1 aromatic heterocycles. The lowest BCUT2D eigenvalue weighted by atomic mass is 10.2. The van der Waals surface area contributed by atoms with Gasteiger partial charge in [-0.1, -0.05) is 54.2 Å². The van der Waals surface area contributed by atoms with Gasteiger partial charge >= 0.3 is 0 Å². The smallest absolute Gasteiger partial charge is 0.277 e. The minimum absolute atomic E-state index is 0.00657. The van der Waals surface area contributed by atoms with Crippen LogP contribution in [0.1, 0.15) is 10.4 Å². The van der Waals surface area contributed by atoms with E-state index in [1.165, 1.54) is 11.8 Å². The molecular weight excluding hydrogens is 300 g/mol. The number of phenolic OH excluding ortho intramolecular Hbond substituents is 1. The van der Waals surface area contributed by atoms with Gasteiger partial charge in [-0.05, 0) is 12.1 Å². The number of ketones is 1. The van der Waals surface area contributed by atoms with Crippen molar-refractivity contribution in [2.45, 2.75) is 5.22 Å². The summed E-state index contributed by atoms with van der Waals surface area (Å²) >= 11 is 1.17. The SMILES string of the molecule is O=C(CSc1nnc(-c2ccccc2O)o1)c1ccccc1. The van der Waals surface area contributed by atoms with E-state index in [1.54, 1.807) is 36.4 Å². The summed E-state index contributed by atoms with van der Waals surface area (Å²) in [6.45, 7) is 0. The number of aromatic nitrogens is 2. The molecule has 0 atom stereocenters. The number of thioether (sulfide) groups is 1. The summed E-state index contributed by atoms with van der Waals surface area (Å²) in [6, 6.07) is 15.8. The average Bonchev–Trinajstić information content (AvgIpc) is 3.02. The first-order valence-corrected chi connectivity index (χ1v) is 7.55. The number of hydrogen-bond donors (Lipinski definition) is 1. The van der Waals surface area contributed by atoms with Gasteiger partial charge in [0.1, 0.15) is 5.75 Å². The van der Waals surface area contributed by atoms with E-state index in [2.05, 4.69) is 10.2 Å². The van der Waals surface area contributed by atoms with Crippen molar-refractivity contribution in [1.82, 2.24) is 10.2 Å². The minimum Gasteiger partial charge on any atom is -0.507 e. The lowest BCUT2D eigenvalue weighted by Gasteiger charge is -1.98. The Hall–Kier alpha value is -2.60. The van der Waals surface area contributed by atoms with Crippen LogP contribution in [-0.4, -0.2) is 26.8 Å². The van der Waals surface area contributed by atoms with Crippen LogP contribution in [0.15, 0.2) is 64.2 Å². The molecule has 0 fully saturated rings. The minimum atomic E-state index is -0.00657. The van der Waals surface area contributed by atoms with E-state index in [-0.39, 0.29) is 23.2 Å². The first-order chi connectivity index (χ1) is 10.7. The van der Waals surface area contributed by atoms with Crippen LogP contribution in [0.2, 0.25) is 0 Å². The Morgan fingerprint density at radius 2 is 1.77 bits per heavy atom. The Bertz CT molecular complexity index is 787. The molecule has 0 aliphatic carbocycles. The van der Waals surface area contributed by atoms with Gasteiger partial charge in [-0.2, -0.15) is 0 Å². The second kappa shape index (κ2) is 6.44. The van der Waals surface area contributed by atoms with Crippen LogP contribution in [0, 0.1) is 0 Å². The van der Waals surface area contributed by atoms with Crippen molar-refractivity contribution in [3.05, 3.63) is 60.2 Å². The fraction of sp³-hybridized carbons (Fsp3) is 0.0625. The van der Waals surface area contributed by atoms with Gasteiger partial charge in [0.2, 0.25) is 0 Å². The van der Waals surface area contributed by atoms with Crippen LogP contribution in [0.3, 0.4) is 0 Å². The molecular formula is C16H12N2O3S. The van der Waals surface area contributed by atoms with Gasteiger partial charge in [0.05, 0.1) is 11.3 Å². The second-order valence-electron chi connectivity index (χ2n) is 4.47. The van der Waals surface area contributed by atoms with Crippen molar-refractivity contribution in [2.24, 2.45) is 0 Å². The van der Waals surface area contributed by atoms with E-state index in [1.807, 2.05) is 18.2 Å². The van der Waals surface area contributed by atoms with Gasteiger partial charge in [-0.15, -0.1) is 10.2 Å². The first-order valence-electron chi connectivity index (χ1n) is 6.57. The van der Waals surface area contributed by atoms with E-state index in [9.17, 15) is 9.90 Å². The quantitative estimate of drug-likeness (QED) is 0.574. The molecule has 110 valence electrons. The summed E-state index contributed by atoms with van der Waals surface area (Å²) in [4.78, 5) is 12.0. The summed E-state index contributed by atoms with van der Waals surface area (Å²) in [5.41, 5.74) is 1.12. The molecule has 0 aliphatic heterocycles. The molecule has 0 aliphatic rings. The number of carbonyl (C=O) groups is 1.